The number of likely N-dealkylation sites (tertiary alicyclic amines) is 1. The molecule has 3 aromatic rings. The monoisotopic (exact) mass is 525 g/mol. The van der Waals surface area contributed by atoms with Crippen molar-refractivity contribution in [2.75, 3.05) is 36.9 Å². The molecule has 2 N–H and O–H groups in total. The predicted octanol–water partition coefficient (Wildman–Crippen LogP) is 4.46. The van der Waals surface area contributed by atoms with Crippen LogP contribution in [-0.4, -0.2) is 62.5 Å². The third-order valence-corrected chi connectivity index (χ3v) is 6.34. The maximum atomic E-state index is 12.9. The normalized spacial score (nSPS) is 15.0. The maximum Gasteiger partial charge on any atom is 0.434 e. The van der Waals surface area contributed by atoms with E-state index in [0.717, 1.165) is 43.7 Å². The Hall–Kier alpha value is -3.39. The zero-order valence-corrected chi connectivity index (χ0v) is 20.0. The summed E-state index contributed by atoms with van der Waals surface area (Å²) < 4.78 is 60.6. The van der Waals surface area contributed by atoms with Gasteiger partial charge < -0.3 is 20.3 Å². The minimum Gasteiger partial charge on any atom is -0.474 e. The molecule has 36 heavy (non-hydrogen) atoms. The van der Waals surface area contributed by atoms with Gasteiger partial charge in [0.2, 0.25) is 5.88 Å². The van der Waals surface area contributed by atoms with E-state index in [4.69, 9.17) is 4.74 Å². The second-order valence-corrected chi connectivity index (χ2v) is 8.84. The number of nitrogens with zero attached hydrogens (tertiary/aromatic N) is 5. The number of carbonyl (C=O) groups is 1. The van der Waals surface area contributed by atoms with E-state index in [2.05, 4.69) is 34.9 Å². The molecule has 3 aromatic heterocycles. The molecular formula is C22H23F4N7O2S. The molecule has 0 saturated carbocycles. The molecule has 14 heteroatoms. The number of ether oxygens (including phenoxy) is 1. The topological polar surface area (TPSA) is 105 Å². The molecule has 1 amide bonds. The van der Waals surface area contributed by atoms with Gasteiger partial charge >= 0.3 is 6.18 Å². The summed E-state index contributed by atoms with van der Waals surface area (Å²) in [5.74, 6) is -0.00715. The number of aromatic nitrogens is 4. The van der Waals surface area contributed by atoms with Crippen molar-refractivity contribution in [1.82, 2.24) is 24.2 Å². The summed E-state index contributed by atoms with van der Waals surface area (Å²) in [5.41, 5.74) is -0.0291. The summed E-state index contributed by atoms with van der Waals surface area (Å²) in [7, 11) is 0. The standard InChI is InChI=1S/C22H23F4N7O2S/c1-13-19(21(36-32-13)31-17-12-27-16(11-28-17)22(24,25)26)20(34)30-14-2-3-18(29-10-14)35-15-4-7-33(8-5-15)9-6-23/h2-3,10-12,15H,4-9H2,1H3,(H,28,31)(H,30,34). The summed E-state index contributed by atoms with van der Waals surface area (Å²) in [6.45, 7) is 3.26. The van der Waals surface area contributed by atoms with E-state index in [1.165, 1.54) is 6.20 Å². The number of piperidine rings is 1. The van der Waals surface area contributed by atoms with Crippen LogP contribution >= 0.6 is 11.5 Å². The lowest BCUT2D eigenvalue weighted by molar-refractivity contribution is -0.141. The number of rotatable bonds is 8. The third-order valence-electron chi connectivity index (χ3n) is 5.49. The molecule has 9 nitrogen and oxygen atoms in total. The zero-order chi connectivity index (χ0) is 25.7. The highest BCUT2D eigenvalue weighted by Crippen LogP contribution is 2.30. The molecular weight excluding hydrogens is 502 g/mol. The van der Waals surface area contributed by atoms with Crippen molar-refractivity contribution >= 4 is 33.9 Å². The van der Waals surface area contributed by atoms with Crippen molar-refractivity contribution in [2.24, 2.45) is 0 Å². The van der Waals surface area contributed by atoms with E-state index in [1.54, 1.807) is 19.1 Å². The molecule has 0 atom stereocenters. The number of aryl methyl sites for hydroxylation is 1. The molecule has 1 fully saturated rings. The molecule has 0 bridgehead atoms. The van der Waals surface area contributed by atoms with Gasteiger partial charge in [-0.3, -0.25) is 4.79 Å². The van der Waals surface area contributed by atoms with Crippen LogP contribution in [0.15, 0.2) is 30.7 Å². The van der Waals surface area contributed by atoms with E-state index in [1.807, 2.05) is 0 Å². The minimum atomic E-state index is -4.60. The second-order valence-electron chi connectivity index (χ2n) is 8.07. The van der Waals surface area contributed by atoms with Gasteiger partial charge in [-0.1, -0.05) is 0 Å². The molecule has 0 unspecified atom stereocenters. The first-order valence-electron chi connectivity index (χ1n) is 11.1. The minimum absolute atomic E-state index is 0.00439. The fraction of sp³-hybridized carbons (Fsp3) is 0.409. The zero-order valence-electron chi connectivity index (χ0n) is 19.2. The second kappa shape index (κ2) is 11.1. The molecule has 1 aliphatic rings. The molecule has 4 rings (SSSR count). The highest BCUT2D eigenvalue weighted by Gasteiger charge is 2.33. The summed E-state index contributed by atoms with van der Waals surface area (Å²) in [6.07, 6.45) is -0.0240. The van der Waals surface area contributed by atoms with Gasteiger partial charge in [0.15, 0.2) is 5.69 Å². The number of carbonyl (C=O) groups excluding carboxylic acids is 1. The van der Waals surface area contributed by atoms with Crippen LogP contribution in [0.2, 0.25) is 0 Å². The van der Waals surface area contributed by atoms with E-state index >= 15 is 0 Å². The number of hydrogen-bond donors (Lipinski definition) is 2. The average Bonchev–Trinajstić information content (AvgIpc) is 3.21. The van der Waals surface area contributed by atoms with Gasteiger partial charge in [0.25, 0.3) is 5.91 Å². The Bertz CT molecular complexity index is 1160. The van der Waals surface area contributed by atoms with Crippen LogP contribution in [0.5, 0.6) is 5.88 Å². The average molecular weight is 526 g/mol. The Morgan fingerprint density at radius 2 is 1.94 bits per heavy atom. The molecule has 192 valence electrons. The predicted molar refractivity (Wildman–Crippen MR) is 125 cm³/mol. The van der Waals surface area contributed by atoms with Crippen molar-refractivity contribution in [3.63, 3.8) is 0 Å². The van der Waals surface area contributed by atoms with E-state index in [-0.39, 0.29) is 24.2 Å². The van der Waals surface area contributed by atoms with Crippen molar-refractivity contribution < 1.29 is 27.1 Å². The summed E-state index contributed by atoms with van der Waals surface area (Å²) >= 11 is 0.973. The number of hydrogen-bond acceptors (Lipinski definition) is 9. The number of nitrogens with one attached hydrogen (secondary N) is 2. The first-order chi connectivity index (χ1) is 17.2. The lowest BCUT2D eigenvalue weighted by Gasteiger charge is -2.31. The van der Waals surface area contributed by atoms with Crippen LogP contribution < -0.4 is 15.4 Å². The molecule has 0 radical (unpaired) electrons. The smallest absolute Gasteiger partial charge is 0.434 e. The molecule has 4 heterocycles. The van der Waals surface area contributed by atoms with Crippen LogP contribution in [0.1, 0.15) is 34.6 Å². The first-order valence-corrected chi connectivity index (χ1v) is 11.8. The van der Waals surface area contributed by atoms with Gasteiger partial charge in [0, 0.05) is 25.7 Å². The fourth-order valence-electron chi connectivity index (χ4n) is 3.64. The number of pyridine rings is 1. The van der Waals surface area contributed by atoms with Gasteiger partial charge in [0.1, 0.15) is 23.6 Å². The fourth-order valence-corrected chi connectivity index (χ4v) is 4.44. The number of alkyl halides is 4. The lowest BCUT2D eigenvalue weighted by Crippen LogP contribution is -2.39. The number of anilines is 3. The molecule has 1 saturated heterocycles. The Morgan fingerprint density at radius 3 is 2.56 bits per heavy atom. The Labute approximate surface area is 208 Å². The van der Waals surface area contributed by atoms with Crippen LogP contribution in [0.3, 0.4) is 0 Å². The van der Waals surface area contributed by atoms with Gasteiger partial charge in [0.05, 0.1) is 35.5 Å². The SMILES string of the molecule is Cc1nsc(Nc2cnc(C(F)(F)F)cn2)c1C(=O)Nc1ccc(OC2CCN(CCF)CC2)nc1. The maximum absolute atomic E-state index is 12.9. The highest BCUT2D eigenvalue weighted by molar-refractivity contribution is 7.10. The quantitative estimate of drug-likeness (QED) is 0.416. The molecule has 0 spiro atoms. The highest BCUT2D eigenvalue weighted by atomic mass is 32.1. The first kappa shape index (κ1) is 25.7. The van der Waals surface area contributed by atoms with Gasteiger partial charge in [-0.25, -0.2) is 19.3 Å². The number of amides is 1. The number of halogens is 4. The van der Waals surface area contributed by atoms with Crippen molar-refractivity contribution in [2.45, 2.75) is 32.0 Å². The van der Waals surface area contributed by atoms with Crippen LogP contribution in [0.25, 0.3) is 0 Å². The Balaban J connectivity index is 1.36. The largest absolute Gasteiger partial charge is 0.474 e. The third kappa shape index (κ3) is 6.43. The van der Waals surface area contributed by atoms with Crippen LogP contribution in [0, 0.1) is 6.92 Å². The van der Waals surface area contributed by atoms with E-state index in [0.29, 0.717) is 35.0 Å². The van der Waals surface area contributed by atoms with Crippen LogP contribution in [-0.2, 0) is 6.18 Å². The van der Waals surface area contributed by atoms with Crippen molar-refractivity contribution in [3.8, 4) is 5.88 Å². The van der Waals surface area contributed by atoms with E-state index in [9.17, 15) is 22.4 Å². The lowest BCUT2D eigenvalue weighted by atomic mass is 10.1. The van der Waals surface area contributed by atoms with Crippen molar-refractivity contribution in [1.29, 1.82) is 0 Å². The molecule has 0 aromatic carbocycles. The van der Waals surface area contributed by atoms with Gasteiger partial charge in [-0.15, -0.1) is 0 Å². The summed E-state index contributed by atoms with van der Waals surface area (Å²) in [5, 5.41) is 5.84. The molecule has 0 aliphatic carbocycles. The Morgan fingerprint density at radius 1 is 1.17 bits per heavy atom. The van der Waals surface area contributed by atoms with Gasteiger partial charge in [-0.2, -0.15) is 17.5 Å². The van der Waals surface area contributed by atoms with Gasteiger partial charge in [-0.05, 0) is 37.4 Å². The Kier molecular flexibility index (Phi) is 7.94. The van der Waals surface area contributed by atoms with E-state index < -0.39 is 17.8 Å². The summed E-state index contributed by atoms with van der Waals surface area (Å²) in [4.78, 5) is 26.3. The van der Waals surface area contributed by atoms with Crippen molar-refractivity contribution in [3.05, 3.63) is 47.7 Å². The van der Waals surface area contributed by atoms with Crippen LogP contribution in [0.4, 0.5) is 34.1 Å². The summed E-state index contributed by atoms with van der Waals surface area (Å²) in [6, 6.07) is 3.31. The molecule has 1 aliphatic heterocycles.